The van der Waals surface area contributed by atoms with E-state index in [0.29, 0.717) is 16.3 Å². The molecule has 1 amide bonds. The Kier molecular flexibility index (Phi) is 4.57. The van der Waals surface area contributed by atoms with Gasteiger partial charge in [-0.05, 0) is 42.5 Å². The Hall–Kier alpha value is -1.65. The van der Waals surface area contributed by atoms with Crippen molar-refractivity contribution in [3.05, 3.63) is 53.1 Å². The summed E-state index contributed by atoms with van der Waals surface area (Å²) in [4.78, 5) is 15.6. The van der Waals surface area contributed by atoms with Crippen molar-refractivity contribution in [1.29, 1.82) is 0 Å². The zero-order valence-electron chi connectivity index (χ0n) is 11.3. The minimum atomic E-state index is -0.0403. The molecule has 0 heterocycles. The number of carbonyl (C=O) groups is 1. The van der Waals surface area contributed by atoms with Crippen molar-refractivity contribution >= 4 is 35.0 Å². The van der Waals surface area contributed by atoms with E-state index in [1.54, 1.807) is 31.1 Å². The molecule has 2 aromatic rings. The first-order valence-electron chi connectivity index (χ1n) is 6.02. The predicted octanol–water partition coefficient (Wildman–Crippen LogP) is 3.78. The minimum Gasteiger partial charge on any atom is -0.399 e. The molecule has 0 saturated carbocycles. The number of anilines is 1. The molecule has 0 saturated heterocycles. The molecule has 0 atom stereocenters. The van der Waals surface area contributed by atoms with Crippen LogP contribution in [0.2, 0.25) is 5.02 Å². The van der Waals surface area contributed by atoms with Crippen LogP contribution >= 0.6 is 23.4 Å². The lowest BCUT2D eigenvalue weighted by Gasteiger charge is -2.14. The van der Waals surface area contributed by atoms with Crippen LogP contribution in [0.1, 0.15) is 10.4 Å². The molecule has 0 spiro atoms. The molecule has 5 heteroatoms. The van der Waals surface area contributed by atoms with Crippen LogP contribution in [0.4, 0.5) is 5.69 Å². The molecule has 104 valence electrons. The van der Waals surface area contributed by atoms with Crippen LogP contribution in [-0.4, -0.2) is 24.9 Å². The second-order valence-electron chi connectivity index (χ2n) is 4.51. The number of nitrogens with zero attached hydrogens (tertiary/aromatic N) is 1. The average Bonchev–Trinajstić information content (AvgIpc) is 2.41. The number of rotatable bonds is 3. The number of amides is 1. The number of nitrogen functional groups attached to an aromatic ring is 1. The summed E-state index contributed by atoms with van der Waals surface area (Å²) in [6, 6.07) is 12.8. The molecule has 0 aliphatic carbocycles. The Bertz CT molecular complexity index is 626. The van der Waals surface area contributed by atoms with E-state index in [1.165, 1.54) is 11.8 Å². The average molecular weight is 307 g/mol. The van der Waals surface area contributed by atoms with Gasteiger partial charge in [-0.1, -0.05) is 23.4 Å². The Morgan fingerprint density at radius 3 is 2.40 bits per heavy atom. The van der Waals surface area contributed by atoms with Crippen molar-refractivity contribution in [2.75, 3.05) is 19.8 Å². The van der Waals surface area contributed by atoms with Gasteiger partial charge >= 0.3 is 0 Å². The summed E-state index contributed by atoms with van der Waals surface area (Å²) in [5.41, 5.74) is 7.10. The van der Waals surface area contributed by atoms with Crippen molar-refractivity contribution in [3.8, 4) is 0 Å². The van der Waals surface area contributed by atoms with Gasteiger partial charge in [0.05, 0.1) is 5.56 Å². The Morgan fingerprint density at radius 2 is 1.80 bits per heavy atom. The van der Waals surface area contributed by atoms with E-state index in [-0.39, 0.29) is 5.91 Å². The fraction of sp³-hybridized carbons (Fsp3) is 0.133. The first kappa shape index (κ1) is 14.8. The lowest BCUT2D eigenvalue weighted by molar-refractivity contribution is 0.0824. The molecule has 0 bridgehead atoms. The maximum absolute atomic E-state index is 12.2. The van der Waals surface area contributed by atoms with Crippen LogP contribution in [0.15, 0.2) is 52.3 Å². The van der Waals surface area contributed by atoms with Crippen molar-refractivity contribution in [1.82, 2.24) is 4.90 Å². The number of carbonyl (C=O) groups excluding carboxylic acids is 1. The van der Waals surface area contributed by atoms with Crippen molar-refractivity contribution in [3.63, 3.8) is 0 Å². The van der Waals surface area contributed by atoms with Crippen LogP contribution in [0, 0.1) is 0 Å². The second-order valence-corrected chi connectivity index (χ2v) is 6.06. The molecule has 2 N–H and O–H groups in total. The Balaban J connectivity index is 2.37. The molecule has 0 unspecified atom stereocenters. The highest BCUT2D eigenvalue weighted by molar-refractivity contribution is 7.99. The van der Waals surface area contributed by atoms with Gasteiger partial charge in [0.2, 0.25) is 0 Å². The third-order valence-electron chi connectivity index (χ3n) is 2.68. The van der Waals surface area contributed by atoms with E-state index in [0.717, 1.165) is 9.79 Å². The van der Waals surface area contributed by atoms with Gasteiger partial charge < -0.3 is 10.6 Å². The normalized spacial score (nSPS) is 10.3. The lowest BCUT2D eigenvalue weighted by Crippen LogP contribution is -2.22. The highest BCUT2D eigenvalue weighted by Crippen LogP contribution is 2.33. The molecular formula is C15H15ClN2OS. The molecule has 0 fully saturated rings. The summed E-state index contributed by atoms with van der Waals surface area (Å²) in [6.45, 7) is 0. The molecule has 2 rings (SSSR count). The summed E-state index contributed by atoms with van der Waals surface area (Å²) >= 11 is 7.37. The van der Waals surface area contributed by atoms with E-state index >= 15 is 0 Å². The fourth-order valence-electron chi connectivity index (χ4n) is 1.67. The molecule has 0 aliphatic rings. The standard InChI is InChI=1S/C15H15ClN2OS/c1-18(2)15(19)13-8-5-11(17)9-14(13)20-12-6-3-10(16)4-7-12/h3-9H,17H2,1-2H3. The molecule has 0 radical (unpaired) electrons. The summed E-state index contributed by atoms with van der Waals surface area (Å²) in [5.74, 6) is -0.0403. The fourth-order valence-corrected chi connectivity index (χ4v) is 2.78. The van der Waals surface area contributed by atoms with Gasteiger partial charge in [0.25, 0.3) is 5.91 Å². The second kappa shape index (κ2) is 6.20. The third-order valence-corrected chi connectivity index (χ3v) is 4.00. The van der Waals surface area contributed by atoms with Gasteiger partial charge in [-0.3, -0.25) is 4.79 Å². The van der Waals surface area contributed by atoms with Crippen LogP contribution in [0.25, 0.3) is 0 Å². The predicted molar refractivity (Wildman–Crippen MR) is 84.4 cm³/mol. The van der Waals surface area contributed by atoms with E-state index in [1.807, 2.05) is 30.3 Å². The van der Waals surface area contributed by atoms with Crippen molar-refractivity contribution < 1.29 is 4.79 Å². The molecule has 3 nitrogen and oxygen atoms in total. The molecule has 0 aromatic heterocycles. The molecule has 20 heavy (non-hydrogen) atoms. The maximum atomic E-state index is 12.2. The van der Waals surface area contributed by atoms with E-state index in [9.17, 15) is 4.79 Å². The number of halogens is 1. The van der Waals surface area contributed by atoms with Gasteiger partial charge in [-0.2, -0.15) is 0 Å². The molecular weight excluding hydrogens is 292 g/mol. The van der Waals surface area contributed by atoms with Gasteiger partial charge in [0, 0.05) is 34.6 Å². The zero-order valence-corrected chi connectivity index (χ0v) is 12.8. The van der Waals surface area contributed by atoms with Crippen LogP contribution in [-0.2, 0) is 0 Å². The summed E-state index contributed by atoms with van der Waals surface area (Å²) < 4.78 is 0. The van der Waals surface area contributed by atoms with Gasteiger partial charge in [-0.25, -0.2) is 0 Å². The lowest BCUT2D eigenvalue weighted by atomic mass is 10.2. The van der Waals surface area contributed by atoms with Crippen molar-refractivity contribution in [2.24, 2.45) is 0 Å². The quantitative estimate of drug-likeness (QED) is 0.878. The number of benzene rings is 2. The minimum absolute atomic E-state index is 0.0403. The SMILES string of the molecule is CN(C)C(=O)c1ccc(N)cc1Sc1ccc(Cl)cc1. The Labute approximate surface area is 127 Å². The van der Waals surface area contributed by atoms with Gasteiger partial charge in [-0.15, -0.1) is 0 Å². The first-order valence-corrected chi connectivity index (χ1v) is 7.21. The third kappa shape index (κ3) is 3.46. The number of hydrogen-bond donors (Lipinski definition) is 1. The zero-order chi connectivity index (χ0) is 14.7. The largest absolute Gasteiger partial charge is 0.399 e. The highest BCUT2D eigenvalue weighted by Gasteiger charge is 2.14. The van der Waals surface area contributed by atoms with Crippen LogP contribution in [0.3, 0.4) is 0 Å². The smallest absolute Gasteiger partial charge is 0.254 e. The summed E-state index contributed by atoms with van der Waals surface area (Å²) in [6.07, 6.45) is 0. The monoisotopic (exact) mass is 306 g/mol. The number of hydrogen-bond acceptors (Lipinski definition) is 3. The first-order chi connectivity index (χ1) is 9.47. The molecule has 0 aliphatic heterocycles. The Morgan fingerprint density at radius 1 is 1.15 bits per heavy atom. The highest BCUT2D eigenvalue weighted by atomic mass is 35.5. The van der Waals surface area contributed by atoms with E-state index < -0.39 is 0 Å². The topological polar surface area (TPSA) is 46.3 Å². The van der Waals surface area contributed by atoms with Crippen LogP contribution < -0.4 is 5.73 Å². The van der Waals surface area contributed by atoms with E-state index in [2.05, 4.69) is 0 Å². The van der Waals surface area contributed by atoms with Crippen molar-refractivity contribution in [2.45, 2.75) is 9.79 Å². The number of nitrogens with two attached hydrogens (primary N) is 1. The molecule has 2 aromatic carbocycles. The summed E-state index contributed by atoms with van der Waals surface area (Å²) in [5, 5.41) is 0.687. The summed E-state index contributed by atoms with van der Waals surface area (Å²) in [7, 11) is 3.46. The van der Waals surface area contributed by atoms with Gasteiger partial charge in [0.1, 0.15) is 0 Å². The van der Waals surface area contributed by atoms with E-state index in [4.69, 9.17) is 17.3 Å². The maximum Gasteiger partial charge on any atom is 0.254 e. The van der Waals surface area contributed by atoms with Crippen LogP contribution in [0.5, 0.6) is 0 Å². The van der Waals surface area contributed by atoms with Gasteiger partial charge in [0.15, 0.2) is 0 Å².